The topological polar surface area (TPSA) is 102 Å². The summed E-state index contributed by atoms with van der Waals surface area (Å²) in [6, 6.07) is 9.65. The molecule has 0 aliphatic carbocycles. The van der Waals surface area contributed by atoms with Crippen molar-refractivity contribution in [2.75, 3.05) is 7.11 Å². The maximum Gasteiger partial charge on any atom is 0.345 e. The van der Waals surface area contributed by atoms with Crippen LogP contribution in [0.5, 0.6) is 11.5 Å². The summed E-state index contributed by atoms with van der Waals surface area (Å²) in [5.74, 6) is -0.491. The number of nitriles is 1. The number of carbonyl (C=O) groups excluding carboxylic acids is 1. The van der Waals surface area contributed by atoms with Gasteiger partial charge in [-0.05, 0) is 18.2 Å². The van der Waals surface area contributed by atoms with Crippen molar-refractivity contribution in [3.63, 3.8) is 0 Å². The SMILES string of the molecule is COc1cc(C#N)ccc1OC(=O)c1ccc([N+](=O)[O-])cc1Cl. The Morgan fingerprint density at radius 1 is 1.26 bits per heavy atom. The number of nitro benzene ring substituents is 1. The van der Waals surface area contributed by atoms with Crippen LogP contribution in [0.4, 0.5) is 5.69 Å². The molecule has 23 heavy (non-hydrogen) atoms. The summed E-state index contributed by atoms with van der Waals surface area (Å²) in [5, 5.41) is 19.4. The van der Waals surface area contributed by atoms with E-state index in [-0.39, 0.29) is 27.8 Å². The van der Waals surface area contributed by atoms with Crippen LogP contribution in [0.3, 0.4) is 0 Å². The number of esters is 1. The summed E-state index contributed by atoms with van der Waals surface area (Å²) >= 11 is 5.88. The Kier molecular flexibility index (Phi) is 4.79. The largest absolute Gasteiger partial charge is 0.493 e. The van der Waals surface area contributed by atoms with Gasteiger partial charge in [0, 0.05) is 18.2 Å². The molecule has 0 atom stereocenters. The first-order valence-corrected chi connectivity index (χ1v) is 6.58. The minimum atomic E-state index is -0.798. The first-order valence-electron chi connectivity index (χ1n) is 6.20. The molecule has 116 valence electrons. The van der Waals surface area contributed by atoms with Gasteiger partial charge in [-0.25, -0.2) is 4.79 Å². The summed E-state index contributed by atoms with van der Waals surface area (Å²) in [6.07, 6.45) is 0. The summed E-state index contributed by atoms with van der Waals surface area (Å²) in [7, 11) is 1.37. The lowest BCUT2D eigenvalue weighted by Crippen LogP contribution is -2.10. The second kappa shape index (κ2) is 6.77. The third-order valence-electron chi connectivity index (χ3n) is 2.88. The van der Waals surface area contributed by atoms with E-state index in [1.807, 2.05) is 6.07 Å². The van der Waals surface area contributed by atoms with Gasteiger partial charge in [0.05, 0.1) is 34.3 Å². The molecule has 7 nitrogen and oxygen atoms in total. The molecular weight excluding hydrogens is 324 g/mol. The quantitative estimate of drug-likeness (QED) is 0.368. The molecule has 0 radical (unpaired) electrons. The fourth-order valence-electron chi connectivity index (χ4n) is 1.76. The Bertz CT molecular complexity index is 829. The lowest BCUT2D eigenvalue weighted by Gasteiger charge is -2.10. The van der Waals surface area contributed by atoms with E-state index in [1.54, 1.807) is 0 Å². The predicted molar refractivity (Wildman–Crippen MR) is 80.8 cm³/mol. The van der Waals surface area contributed by atoms with E-state index in [0.717, 1.165) is 12.1 Å². The maximum atomic E-state index is 12.1. The van der Waals surface area contributed by atoms with E-state index >= 15 is 0 Å². The van der Waals surface area contributed by atoms with Gasteiger partial charge in [-0.1, -0.05) is 11.6 Å². The van der Waals surface area contributed by atoms with Gasteiger partial charge in [-0.15, -0.1) is 0 Å². The number of benzene rings is 2. The second-order valence-corrected chi connectivity index (χ2v) is 4.70. The van der Waals surface area contributed by atoms with E-state index in [1.165, 1.54) is 31.4 Å². The van der Waals surface area contributed by atoms with E-state index in [4.69, 9.17) is 26.3 Å². The number of carbonyl (C=O) groups is 1. The normalized spacial score (nSPS) is 9.78. The first kappa shape index (κ1) is 16.3. The van der Waals surface area contributed by atoms with Crippen LogP contribution in [0.1, 0.15) is 15.9 Å². The third kappa shape index (κ3) is 3.56. The zero-order valence-electron chi connectivity index (χ0n) is 11.8. The maximum absolute atomic E-state index is 12.1. The predicted octanol–water partition coefficient (Wildman–Crippen LogP) is 3.35. The Labute approximate surface area is 135 Å². The second-order valence-electron chi connectivity index (χ2n) is 4.29. The van der Waals surface area contributed by atoms with Gasteiger partial charge in [0.25, 0.3) is 5.69 Å². The number of rotatable bonds is 4. The van der Waals surface area contributed by atoms with Crippen molar-refractivity contribution in [2.45, 2.75) is 0 Å². The van der Waals surface area contributed by atoms with Gasteiger partial charge in [0.1, 0.15) is 0 Å². The summed E-state index contributed by atoms with van der Waals surface area (Å²) in [4.78, 5) is 22.2. The number of non-ortho nitro benzene ring substituents is 1. The average Bonchev–Trinajstić information content (AvgIpc) is 2.54. The van der Waals surface area contributed by atoms with E-state index < -0.39 is 10.9 Å². The number of methoxy groups -OCH3 is 1. The number of nitro groups is 1. The smallest absolute Gasteiger partial charge is 0.345 e. The van der Waals surface area contributed by atoms with Crippen molar-refractivity contribution in [1.29, 1.82) is 5.26 Å². The van der Waals surface area contributed by atoms with Gasteiger partial charge in [-0.3, -0.25) is 10.1 Å². The molecule has 8 heteroatoms. The van der Waals surface area contributed by atoms with Gasteiger partial charge in [0.2, 0.25) is 0 Å². The Morgan fingerprint density at radius 2 is 2.00 bits per heavy atom. The minimum absolute atomic E-state index is 0.0244. The van der Waals surface area contributed by atoms with Crippen LogP contribution in [0.15, 0.2) is 36.4 Å². The van der Waals surface area contributed by atoms with Crippen molar-refractivity contribution < 1.29 is 19.2 Å². The highest BCUT2D eigenvalue weighted by atomic mass is 35.5. The highest BCUT2D eigenvalue weighted by molar-refractivity contribution is 6.33. The standard InChI is InChI=1S/C15H9ClN2O5/c1-22-14-6-9(8-17)2-5-13(14)23-15(19)11-4-3-10(18(20)21)7-12(11)16/h2-7H,1H3. The molecule has 0 saturated carbocycles. The molecule has 2 aromatic rings. The van der Waals surface area contributed by atoms with Crippen LogP contribution < -0.4 is 9.47 Å². The molecule has 0 bridgehead atoms. The fourth-order valence-corrected chi connectivity index (χ4v) is 2.01. The van der Waals surface area contributed by atoms with Crippen LogP contribution in [0.25, 0.3) is 0 Å². The summed E-state index contributed by atoms with van der Waals surface area (Å²) < 4.78 is 10.2. The molecule has 0 fully saturated rings. The monoisotopic (exact) mass is 332 g/mol. The summed E-state index contributed by atoms with van der Waals surface area (Å²) in [5.41, 5.74) is 0.0844. The molecule has 0 N–H and O–H groups in total. The van der Waals surface area contributed by atoms with Crippen LogP contribution in [0, 0.1) is 21.4 Å². The van der Waals surface area contributed by atoms with E-state index in [2.05, 4.69) is 0 Å². The molecule has 0 aliphatic rings. The number of ether oxygens (including phenoxy) is 2. The van der Waals surface area contributed by atoms with Crippen LogP contribution in [0.2, 0.25) is 5.02 Å². The zero-order valence-corrected chi connectivity index (χ0v) is 12.5. The molecule has 2 aromatic carbocycles. The molecule has 0 spiro atoms. The molecule has 0 unspecified atom stereocenters. The highest BCUT2D eigenvalue weighted by Crippen LogP contribution is 2.30. The minimum Gasteiger partial charge on any atom is -0.493 e. The molecule has 0 aliphatic heterocycles. The van der Waals surface area contributed by atoms with Crippen molar-refractivity contribution in [3.8, 4) is 17.6 Å². The number of hydrogen-bond acceptors (Lipinski definition) is 6. The number of nitrogens with zero attached hydrogens (tertiary/aromatic N) is 2. The average molecular weight is 333 g/mol. The van der Waals surface area contributed by atoms with E-state index in [9.17, 15) is 14.9 Å². The molecule has 0 aromatic heterocycles. The van der Waals surface area contributed by atoms with Gasteiger partial charge in [0.15, 0.2) is 11.5 Å². The summed E-state index contributed by atoms with van der Waals surface area (Å²) in [6.45, 7) is 0. The van der Waals surface area contributed by atoms with Crippen LogP contribution >= 0.6 is 11.6 Å². The molecule has 0 saturated heterocycles. The molecule has 2 rings (SSSR count). The van der Waals surface area contributed by atoms with Crippen molar-refractivity contribution >= 4 is 23.3 Å². The van der Waals surface area contributed by atoms with Crippen molar-refractivity contribution in [2.24, 2.45) is 0 Å². The van der Waals surface area contributed by atoms with Gasteiger partial charge < -0.3 is 9.47 Å². The Morgan fingerprint density at radius 3 is 2.57 bits per heavy atom. The lowest BCUT2D eigenvalue weighted by atomic mass is 10.2. The van der Waals surface area contributed by atoms with Crippen LogP contribution in [-0.2, 0) is 0 Å². The molecular formula is C15H9ClN2O5. The lowest BCUT2D eigenvalue weighted by molar-refractivity contribution is -0.384. The molecule has 0 amide bonds. The molecule has 0 heterocycles. The van der Waals surface area contributed by atoms with Crippen LogP contribution in [-0.4, -0.2) is 18.0 Å². The first-order chi connectivity index (χ1) is 11.0. The zero-order chi connectivity index (χ0) is 17.0. The number of hydrogen-bond donors (Lipinski definition) is 0. The van der Waals surface area contributed by atoms with Gasteiger partial charge >= 0.3 is 5.97 Å². The fraction of sp³-hybridized carbons (Fsp3) is 0.0667. The van der Waals surface area contributed by atoms with E-state index in [0.29, 0.717) is 5.56 Å². The Hall–Kier alpha value is -3.11. The van der Waals surface area contributed by atoms with Gasteiger partial charge in [-0.2, -0.15) is 5.26 Å². The highest BCUT2D eigenvalue weighted by Gasteiger charge is 2.18. The Balaban J connectivity index is 2.29. The van der Waals surface area contributed by atoms with Crippen molar-refractivity contribution in [3.05, 3.63) is 62.7 Å². The van der Waals surface area contributed by atoms with Crippen molar-refractivity contribution in [1.82, 2.24) is 0 Å². The number of halogens is 1. The third-order valence-corrected chi connectivity index (χ3v) is 3.19.